The average Bonchev–Trinajstić information content (AvgIpc) is 2.94. The van der Waals surface area contributed by atoms with Crippen molar-refractivity contribution in [2.24, 2.45) is 5.92 Å². The lowest BCUT2D eigenvalue weighted by atomic mass is 9.72. The predicted molar refractivity (Wildman–Crippen MR) is 104 cm³/mol. The van der Waals surface area contributed by atoms with Crippen LogP contribution in [0.25, 0.3) is 10.9 Å². The van der Waals surface area contributed by atoms with E-state index in [1.54, 1.807) is 5.56 Å². The summed E-state index contributed by atoms with van der Waals surface area (Å²) in [5, 5.41) is 1.51. The molecule has 0 saturated carbocycles. The first-order chi connectivity index (χ1) is 10.8. The van der Waals surface area contributed by atoms with Crippen LogP contribution in [0.2, 0.25) is 0 Å². The van der Waals surface area contributed by atoms with E-state index < -0.39 is 0 Å². The lowest BCUT2D eigenvalue weighted by Crippen LogP contribution is -2.50. The average molecular weight is 349 g/mol. The normalized spacial score (nSPS) is 26.6. The van der Waals surface area contributed by atoms with E-state index in [-0.39, 0.29) is 12.4 Å². The van der Waals surface area contributed by atoms with Gasteiger partial charge >= 0.3 is 0 Å². The highest BCUT2D eigenvalue weighted by Crippen LogP contribution is 2.45. The molecular weight excluding hydrogens is 324 g/mol. The number of H-pyrrole nitrogens is 1. The van der Waals surface area contributed by atoms with Crippen molar-refractivity contribution in [2.45, 2.75) is 24.8 Å². The number of nitrogens with zero attached hydrogens (tertiary/aromatic N) is 1. The number of halogens is 1. The Kier molecular flexibility index (Phi) is 5.10. The number of nitrogens with one attached hydrogen (secondary N) is 1. The summed E-state index contributed by atoms with van der Waals surface area (Å²) in [4.78, 5) is 6.15. The van der Waals surface area contributed by atoms with Gasteiger partial charge in [0.15, 0.2) is 0 Å². The molecule has 0 amide bonds. The summed E-state index contributed by atoms with van der Waals surface area (Å²) in [7, 11) is 0. The minimum Gasteiger partial charge on any atom is -0.361 e. The molecule has 4 heteroatoms. The summed E-state index contributed by atoms with van der Waals surface area (Å²) in [5.41, 5.74) is 4.39. The van der Waals surface area contributed by atoms with Gasteiger partial charge in [-0.2, -0.15) is 11.8 Å². The zero-order valence-corrected chi connectivity index (χ0v) is 15.3. The summed E-state index contributed by atoms with van der Waals surface area (Å²) in [6.45, 7) is 6.22. The fourth-order valence-corrected chi connectivity index (χ4v) is 5.34. The summed E-state index contributed by atoms with van der Waals surface area (Å²) in [5.74, 6) is 2.75. The molecular formula is C19H25ClN2S. The molecule has 1 saturated heterocycles. The Morgan fingerprint density at radius 1 is 1.43 bits per heavy atom. The lowest BCUT2D eigenvalue weighted by Gasteiger charge is -2.47. The first kappa shape index (κ1) is 16.9. The number of fused-ring (bicyclic) bond motifs is 2. The van der Waals surface area contributed by atoms with Crippen LogP contribution in [-0.4, -0.2) is 41.0 Å². The maximum atomic E-state index is 3.98. The maximum Gasteiger partial charge on any atom is 0.0459 e. The van der Waals surface area contributed by atoms with Gasteiger partial charge in [0.2, 0.25) is 0 Å². The Balaban J connectivity index is 0.00000156. The molecule has 1 aliphatic carbocycles. The zero-order chi connectivity index (χ0) is 15.1. The number of benzene rings is 1. The van der Waals surface area contributed by atoms with Crippen LogP contribution in [0, 0.1) is 5.92 Å². The van der Waals surface area contributed by atoms with E-state index in [4.69, 9.17) is 0 Å². The molecule has 1 N–H and O–H groups in total. The second kappa shape index (κ2) is 6.92. The highest BCUT2D eigenvalue weighted by molar-refractivity contribution is 7.98. The molecule has 0 bridgehead atoms. The van der Waals surface area contributed by atoms with Crippen molar-refractivity contribution in [2.75, 3.05) is 25.1 Å². The number of hydrogen-bond acceptors (Lipinski definition) is 2. The van der Waals surface area contributed by atoms with Crippen molar-refractivity contribution in [1.29, 1.82) is 0 Å². The maximum absolute atomic E-state index is 3.98. The van der Waals surface area contributed by atoms with E-state index in [1.165, 1.54) is 41.6 Å². The molecule has 1 fully saturated rings. The van der Waals surface area contributed by atoms with Gasteiger partial charge in [-0.3, -0.25) is 4.90 Å². The van der Waals surface area contributed by atoms with Crippen molar-refractivity contribution < 1.29 is 0 Å². The monoisotopic (exact) mass is 348 g/mol. The van der Waals surface area contributed by atoms with E-state index in [9.17, 15) is 0 Å². The third kappa shape index (κ3) is 2.84. The summed E-state index contributed by atoms with van der Waals surface area (Å²) in [6, 6.07) is 7.44. The van der Waals surface area contributed by atoms with Gasteiger partial charge in [-0.15, -0.1) is 19.0 Å². The van der Waals surface area contributed by atoms with Crippen LogP contribution in [0.5, 0.6) is 0 Å². The van der Waals surface area contributed by atoms with Gasteiger partial charge in [-0.05, 0) is 48.0 Å². The lowest BCUT2D eigenvalue weighted by molar-refractivity contribution is 0.105. The topological polar surface area (TPSA) is 19.0 Å². The number of aromatic amines is 1. The van der Waals surface area contributed by atoms with E-state index in [0.717, 1.165) is 12.5 Å². The Bertz CT molecular complexity index is 696. The van der Waals surface area contributed by atoms with Crippen molar-refractivity contribution in [1.82, 2.24) is 9.88 Å². The van der Waals surface area contributed by atoms with Crippen molar-refractivity contribution in [3.63, 3.8) is 0 Å². The van der Waals surface area contributed by atoms with E-state index in [0.29, 0.717) is 12.0 Å². The Hall–Kier alpha value is -0.900. The molecule has 1 aromatic heterocycles. The summed E-state index contributed by atoms with van der Waals surface area (Å²) >= 11 is 1.99. The zero-order valence-electron chi connectivity index (χ0n) is 13.6. The molecule has 2 aromatic rings. The van der Waals surface area contributed by atoms with Crippen LogP contribution >= 0.6 is 24.2 Å². The molecule has 1 unspecified atom stereocenters. The van der Waals surface area contributed by atoms with Gasteiger partial charge in [0.25, 0.3) is 0 Å². The summed E-state index contributed by atoms with van der Waals surface area (Å²) < 4.78 is 0. The largest absolute Gasteiger partial charge is 0.361 e. The van der Waals surface area contributed by atoms with E-state index in [1.807, 2.05) is 11.8 Å². The number of aromatic nitrogens is 1. The quantitative estimate of drug-likeness (QED) is 0.822. The minimum absolute atomic E-state index is 0. The molecule has 124 valence electrons. The number of thioether (sulfide) groups is 1. The highest BCUT2D eigenvalue weighted by Gasteiger charge is 2.40. The van der Waals surface area contributed by atoms with Gasteiger partial charge in [0.1, 0.15) is 0 Å². The third-order valence-electron chi connectivity index (χ3n) is 5.43. The van der Waals surface area contributed by atoms with Crippen molar-refractivity contribution >= 4 is 35.1 Å². The van der Waals surface area contributed by atoms with Crippen LogP contribution in [0.1, 0.15) is 23.5 Å². The molecule has 0 radical (unpaired) electrons. The SMILES string of the molecule is C=CCN1CC(CSC)C[C@H]2c3cccc4[nH]cc(c34)C[C@@H]21.Cl. The number of rotatable bonds is 4. The highest BCUT2D eigenvalue weighted by atomic mass is 35.5. The van der Waals surface area contributed by atoms with E-state index in [2.05, 4.69) is 53.2 Å². The van der Waals surface area contributed by atoms with Crippen LogP contribution in [0.3, 0.4) is 0 Å². The molecule has 1 aliphatic heterocycles. The van der Waals surface area contributed by atoms with Gasteiger partial charge in [-0.1, -0.05) is 18.2 Å². The first-order valence-electron chi connectivity index (χ1n) is 8.24. The molecule has 4 rings (SSSR count). The smallest absolute Gasteiger partial charge is 0.0459 e. The second-order valence-electron chi connectivity index (χ2n) is 6.76. The predicted octanol–water partition coefficient (Wildman–Crippen LogP) is 4.47. The van der Waals surface area contributed by atoms with Gasteiger partial charge < -0.3 is 4.98 Å². The van der Waals surface area contributed by atoms with Crippen LogP contribution in [-0.2, 0) is 6.42 Å². The second-order valence-corrected chi connectivity index (χ2v) is 7.67. The summed E-state index contributed by atoms with van der Waals surface area (Å²) in [6.07, 6.45) is 9.05. The van der Waals surface area contributed by atoms with Crippen molar-refractivity contribution in [3.8, 4) is 0 Å². The Labute approximate surface area is 149 Å². The van der Waals surface area contributed by atoms with Crippen LogP contribution < -0.4 is 0 Å². The van der Waals surface area contributed by atoms with Crippen LogP contribution in [0.4, 0.5) is 0 Å². The van der Waals surface area contributed by atoms with Gasteiger partial charge in [0.05, 0.1) is 0 Å². The number of piperidine rings is 1. The number of hydrogen-bond donors (Lipinski definition) is 1. The molecule has 1 aromatic carbocycles. The van der Waals surface area contributed by atoms with Gasteiger partial charge in [-0.25, -0.2) is 0 Å². The molecule has 23 heavy (non-hydrogen) atoms. The van der Waals surface area contributed by atoms with Crippen molar-refractivity contribution in [3.05, 3.63) is 48.2 Å². The molecule has 2 heterocycles. The molecule has 2 aliphatic rings. The fraction of sp³-hybridized carbons (Fsp3) is 0.474. The van der Waals surface area contributed by atoms with Crippen LogP contribution in [0.15, 0.2) is 37.1 Å². The Morgan fingerprint density at radius 2 is 2.30 bits per heavy atom. The van der Waals surface area contributed by atoms with Gasteiger partial charge in [0, 0.05) is 42.1 Å². The molecule has 0 spiro atoms. The first-order valence-corrected chi connectivity index (χ1v) is 9.64. The minimum atomic E-state index is 0. The molecule has 2 nitrogen and oxygen atoms in total. The molecule has 3 atom stereocenters. The standard InChI is InChI=1S/C19H24N2S.ClH/c1-3-7-21-11-13(12-22-2)8-16-15-5-4-6-17-19(15)14(10-20-17)9-18(16)21;/h3-6,10,13,16,18,20H,1,7-9,11-12H2,2H3;1H/t13?,16-,18-;/m0./s1. The fourth-order valence-electron chi connectivity index (χ4n) is 4.63. The number of likely N-dealkylation sites (tertiary alicyclic amines) is 1. The Morgan fingerprint density at radius 3 is 3.09 bits per heavy atom. The third-order valence-corrected chi connectivity index (χ3v) is 6.23. The van der Waals surface area contributed by atoms with E-state index >= 15 is 0 Å².